The van der Waals surface area contributed by atoms with Gasteiger partial charge in [0.1, 0.15) is 17.5 Å². The van der Waals surface area contributed by atoms with Gasteiger partial charge in [-0.3, -0.25) is 0 Å². The normalized spacial score (nSPS) is 18.3. The molecule has 2 heterocycles. The first-order chi connectivity index (χ1) is 12.6. The minimum atomic E-state index is -0.469. The standard InChI is InChI=1S/C20H19NO5/c1-13-15(10-19(26-13)20(22)24-3)12-25-16-6-4-14(5-7-16)18-9-8-17(23-2)11-21-18/h4-7,10-11,13,15H,12H2,1-3H3. The highest BCUT2D eigenvalue weighted by molar-refractivity contribution is 5.86. The molecular weight excluding hydrogens is 334 g/mol. The molecule has 0 bridgehead atoms. The van der Waals surface area contributed by atoms with Gasteiger partial charge in [0, 0.05) is 5.56 Å². The van der Waals surface area contributed by atoms with Gasteiger partial charge in [-0.15, -0.1) is 0 Å². The highest BCUT2D eigenvalue weighted by Crippen LogP contribution is 2.26. The van der Waals surface area contributed by atoms with Crippen LogP contribution in [0.5, 0.6) is 11.5 Å². The van der Waals surface area contributed by atoms with E-state index in [9.17, 15) is 4.79 Å². The third-order valence-corrected chi connectivity index (χ3v) is 4.07. The van der Waals surface area contributed by atoms with Crippen molar-refractivity contribution < 1.29 is 23.7 Å². The Balaban J connectivity index is 1.61. The maximum atomic E-state index is 11.5. The molecule has 1 aromatic heterocycles. The van der Waals surface area contributed by atoms with Gasteiger partial charge in [0.2, 0.25) is 5.76 Å². The van der Waals surface area contributed by atoms with Gasteiger partial charge in [-0.1, -0.05) is 0 Å². The molecule has 0 N–H and O–H groups in total. The number of methoxy groups -OCH3 is 2. The lowest BCUT2D eigenvalue weighted by Gasteiger charge is -2.15. The predicted octanol–water partition coefficient (Wildman–Crippen LogP) is 2.83. The van der Waals surface area contributed by atoms with Crippen molar-refractivity contribution in [1.29, 1.82) is 0 Å². The molecule has 6 heteroatoms. The van der Waals surface area contributed by atoms with Crippen LogP contribution in [0.3, 0.4) is 0 Å². The number of ether oxygens (including phenoxy) is 4. The summed E-state index contributed by atoms with van der Waals surface area (Å²) in [4.78, 5) is 15.8. The molecule has 2 atom stereocenters. The van der Waals surface area contributed by atoms with Crippen LogP contribution in [0.2, 0.25) is 0 Å². The summed E-state index contributed by atoms with van der Waals surface area (Å²) >= 11 is 0. The molecule has 1 aliphatic heterocycles. The largest absolute Gasteiger partial charge is 0.493 e. The molecule has 0 spiro atoms. The zero-order valence-corrected chi connectivity index (χ0v) is 14.8. The zero-order chi connectivity index (χ0) is 18.5. The molecule has 6 nitrogen and oxygen atoms in total. The summed E-state index contributed by atoms with van der Waals surface area (Å²) in [6, 6.07) is 13.4. The third kappa shape index (κ3) is 3.89. The van der Waals surface area contributed by atoms with Crippen molar-refractivity contribution in [2.45, 2.75) is 13.0 Å². The van der Waals surface area contributed by atoms with Gasteiger partial charge in [0.15, 0.2) is 5.75 Å². The number of rotatable bonds is 6. The van der Waals surface area contributed by atoms with Crippen molar-refractivity contribution in [3.05, 3.63) is 54.4 Å². The minimum Gasteiger partial charge on any atom is -0.493 e. The molecule has 0 amide bonds. The van der Waals surface area contributed by atoms with E-state index in [4.69, 9.17) is 14.2 Å². The van der Waals surface area contributed by atoms with E-state index in [0.29, 0.717) is 18.1 Å². The molecule has 0 saturated heterocycles. The van der Waals surface area contributed by atoms with Crippen molar-refractivity contribution in [2.75, 3.05) is 20.8 Å². The van der Waals surface area contributed by atoms with E-state index < -0.39 is 5.97 Å². The highest BCUT2D eigenvalue weighted by Gasteiger charge is 2.30. The van der Waals surface area contributed by atoms with Gasteiger partial charge < -0.3 is 18.9 Å². The smallest absolute Gasteiger partial charge is 0.372 e. The molecule has 2 unspecified atom stereocenters. The molecule has 0 aliphatic carbocycles. The first kappa shape index (κ1) is 17.6. The number of nitrogens with zero attached hydrogens (tertiary/aromatic N) is 1. The second-order valence-electron chi connectivity index (χ2n) is 5.77. The van der Waals surface area contributed by atoms with Crippen LogP contribution in [0.15, 0.2) is 42.3 Å². The Kier molecular flexibility index (Phi) is 5.28. The van der Waals surface area contributed by atoms with E-state index >= 15 is 0 Å². The second-order valence-corrected chi connectivity index (χ2v) is 5.77. The van der Waals surface area contributed by atoms with Crippen molar-refractivity contribution in [2.24, 2.45) is 5.92 Å². The molecular formula is C20H19NO5. The van der Waals surface area contributed by atoms with E-state index in [-0.39, 0.29) is 17.8 Å². The Morgan fingerprint density at radius 3 is 2.62 bits per heavy atom. The van der Waals surface area contributed by atoms with Crippen molar-refractivity contribution in [3.8, 4) is 22.8 Å². The van der Waals surface area contributed by atoms with Crippen LogP contribution in [0, 0.1) is 18.1 Å². The average Bonchev–Trinajstić information content (AvgIpc) is 3.07. The summed E-state index contributed by atoms with van der Waals surface area (Å²) < 4.78 is 21.0. The Bertz CT molecular complexity index is 783. The molecule has 3 rings (SSSR count). The molecule has 0 radical (unpaired) electrons. The molecule has 2 aromatic rings. The van der Waals surface area contributed by atoms with Gasteiger partial charge >= 0.3 is 5.97 Å². The van der Waals surface area contributed by atoms with Gasteiger partial charge in [0.25, 0.3) is 0 Å². The van der Waals surface area contributed by atoms with Crippen molar-refractivity contribution in [3.63, 3.8) is 0 Å². The van der Waals surface area contributed by atoms with Crippen LogP contribution in [0.25, 0.3) is 11.3 Å². The van der Waals surface area contributed by atoms with E-state index in [2.05, 4.69) is 21.9 Å². The number of carbonyl (C=O) groups excluding carboxylic acids is 1. The van der Waals surface area contributed by atoms with Crippen molar-refractivity contribution >= 4 is 5.97 Å². The zero-order valence-electron chi connectivity index (χ0n) is 14.8. The number of carbonyl (C=O) groups is 1. The molecule has 0 saturated carbocycles. The monoisotopic (exact) mass is 353 g/mol. The van der Waals surface area contributed by atoms with Crippen LogP contribution in [0.1, 0.15) is 6.92 Å². The number of esters is 1. The quantitative estimate of drug-likeness (QED) is 0.744. The third-order valence-electron chi connectivity index (χ3n) is 4.07. The van der Waals surface area contributed by atoms with E-state index in [1.807, 2.05) is 31.2 Å². The molecule has 1 aromatic carbocycles. The van der Waals surface area contributed by atoms with E-state index in [0.717, 1.165) is 11.3 Å². The maximum absolute atomic E-state index is 11.5. The predicted molar refractivity (Wildman–Crippen MR) is 93.5 cm³/mol. The summed E-state index contributed by atoms with van der Waals surface area (Å²) in [5.41, 5.74) is 1.59. The molecule has 1 aliphatic rings. The van der Waals surface area contributed by atoms with Crippen LogP contribution in [0.4, 0.5) is 0 Å². The van der Waals surface area contributed by atoms with Crippen LogP contribution in [-0.4, -0.2) is 37.9 Å². The summed E-state index contributed by atoms with van der Waals surface area (Å²) in [6.07, 6.45) is 3.21. The van der Waals surface area contributed by atoms with E-state index in [1.165, 1.54) is 7.11 Å². The van der Waals surface area contributed by atoms with E-state index in [1.54, 1.807) is 19.4 Å². The van der Waals surface area contributed by atoms with Gasteiger partial charge in [-0.05, 0) is 49.4 Å². The highest BCUT2D eigenvalue weighted by atomic mass is 16.6. The van der Waals surface area contributed by atoms with Crippen molar-refractivity contribution in [1.82, 2.24) is 4.98 Å². The topological polar surface area (TPSA) is 66.9 Å². The lowest BCUT2D eigenvalue weighted by Crippen LogP contribution is -2.19. The Hall–Kier alpha value is -3.20. The summed E-state index contributed by atoms with van der Waals surface area (Å²) in [7, 11) is 2.89. The fourth-order valence-corrected chi connectivity index (χ4v) is 2.52. The van der Waals surface area contributed by atoms with Crippen LogP contribution >= 0.6 is 0 Å². The molecule has 0 fully saturated rings. The van der Waals surface area contributed by atoms with Crippen LogP contribution in [-0.2, 0) is 14.3 Å². The van der Waals surface area contributed by atoms with Gasteiger partial charge in [-0.25, -0.2) is 9.78 Å². The fraction of sp³-hybridized carbons (Fsp3) is 0.300. The first-order valence-electron chi connectivity index (χ1n) is 8.14. The van der Waals surface area contributed by atoms with Crippen LogP contribution < -0.4 is 9.47 Å². The lowest BCUT2D eigenvalue weighted by molar-refractivity contribution is -0.140. The fourth-order valence-electron chi connectivity index (χ4n) is 2.52. The number of hydrogen-bond donors (Lipinski definition) is 0. The summed E-state index contributed by atoms with van der Waals surface area (Å²) in [5, 5.41) is 0. The molecule has 26 heavy (non-hydrogen) atoms. The number of benzene rings is 1. The Morgan fingerprint density at radius 1 is 1.23 bits per heavy atom. The van der Waals surface area contributed by atoms with Gasteiger partial charge in [-0.2, -0.15) is 0 Å². The second kappa shape index (κ2) is 7.79. The number of hydrogen-bond acceptors (Lipinski definition) is 6. The maximum Gasteiger partial charge on any atom is 0.372 e. The SMILES string of the molecule is COC(=O)C1=CC(COc2ccc(-c3c#cc(OC)cn3)cc2)C(C)O1. The molecule has 134 valence electrons. The van der Waals surface area contributed by atoms with Gasteiger partial charge in [0.05, 0.1) is 32.9 Å². The lowest BCUT2D eigenvalue weighted by atomic mass is 10.1. The average molecular weight is 353 g/mol. The minimum absolute atomic E-state index is 0.0186. The Morgan fingerprint density at radius 2 is 2.00 bits per heavy atom. The Labute approximate surface area is 152 Å². The number of aromatic nitrogens is 1. The summed E-state index contributed by atoms with van der Waals surface area (Å²) in [5.74, 6) is 1.01. The summed E-state index contributed by atoms with van der Waals surface area (Å²) in [6.45, 7) is 2.30. The first-order valence-corrected chi connectivity index (χ1v) is 8.14.